The van der Waals surface area contributed by atoms with Gasteiger partial charge in [-0.25, -0.2) is 0 Å². The van der Waals surface area contributed by atoms with E-state index < -0.39 is 0 Å². The lowest BCUT2D eigenvalue weighted by Gasteiger charge is -2.33. The van der Waals surface area contributed by atoms with Crippen LogP contribution in [0.25, 0.3) is 0 Å². The van der Waals surface area contributed by atoms with Gasteiger partial charge in [0, 0.05) is 11.7 Å². The van der Waals surface area contributed by atoms with E-state index in [9.17, 15) is 4.79 Å². The molecule has 0 unspecified atom stereocenters. The molecule has 0 atom stereocenters. The normalized spacial score (nSPS) is 20.3. The second-order valence-corrected chi connectivity index (χ2v) is 5.59. The maximum Gasteiger partial charge on any atom is 0.275 e. The van der Waals surface area contributed by atoms with Crippen molar-refractivity contribution in [2.24, 2.45) is 0 Å². The number of piperazine rings is 1. The first-order valence-corrected chi connectivity index (χ1v) is 7.24. The van der Waals surface area contributed by atoms with Crippen molar-refractivity contribution >= 4 is 11.6 Å². The molecule has 1 aliphatic carbocycles. The van der Waals surface area contributed by atoms with Gasteiger partial charge in [-0.2, -0.15) is 0 Å². The van der Waals surface area contributed by atoms with E-state index in [4.69, 9.17) is 0 Å². The van der Waals surface area contributed by atoms with Gasteiger partial charge in [-0.05, 0) is 25.0 Å². The Labute approximate surface area is 114 Å². The van der Waals surface area contributed by atoms with Crippen LogP contribution < -0.4 is 15.1 Å². The lowest BCUT2D eigenvalue weighted by molar-refractivity contribution is -0.892. The second kappa shape index (κ2) is 5.61. The molecular weight excluding hydrogens is 238 g/mol. The lowest BCUT2D eigenvalue weighted by atomic mass is 10.2. The molecule has 1 aromatic rings. The summed E-state index contributed by atoms with van der Waals surface area (Å²) in [5.74, 6) is 0.227. The van der Waals surface area contributed by atoms with Gasteiger partial charge in [0.1, 0.15) is 0 Å². The van der Waals surface area contributed by atoms with Crippen LogP contribution in [-0.4, -0.2) is 44.7 Å². The van der Waals surface area contributed by atoms with E-state index in [1.54, 1.807) is 0 Å². The maximum absolute atomic E-state index is 11.8. The molecule has 2 fully saturated rings. The molecule has 2 N–H and O–H groups in total. The van der Waals surface area contributed by atoms with Crippen molar-refractivity contribution in [1.29, 1.82) is 0 Å². The number of carbonyl (C=O) groups excluding carboxylic acids is 1. The molecule has 0 spiro atoms. The molecule has 2 aliphatic rings. The predicted octanol–water partition coefficient (Wildman–Crippen LogP) is -0.330. The van der Waals surface area contributed by atoms with E-state index in [1.165, 1.54) is 23.4 Å². The van der Waals surface area contributed by atoms with Crippen LogP contribution >= 0.6 is 0 Å². The van der Waals surface area contributed by atoms with E-state index >= 15 is 0 Å². The molecule has 1 heterocycles. The van der Waals surface area contributed by atoms with Gasteiger partial charge in [0.05, 0.1) is 26.2 Å². The molecule has 3 rings (SSSR count). The third-order valence-corrected chi connectivity index (χ3v) is 3.94. The van der Waals surface area contributed by atoms with Crippen LogP contribution in [0.3, 0.4) is 0 Å². The summed E-state index contributed by atoms with van der Waals surface area (Å²) >= 11 is 0. The average molecular weight is 260 g/mol. The number of nitrogens with zero attached hydrogens (tertiary/aromatic N) is 1. The van der Waals surface area contributed by atoms with Gasteiger partial charge in [-0.1, -0.05) is 18.2 Å². The first kappa shape index (κ1) is 12.5. The average Bonchev–Trinajstić information content (AvgIpc) is 3.24. The Bertz CT molecular complexity index is 422. The molecule has 4 heteroatoms. The lowest BCUT2D eigenvalue weighted by Crippen LogP contribution is -3.16. The van der Waals surface area contributed by atoms with Gasteiger partial charge >= 0.3 is 0 Å². The number of amides is 1. The molecule has 1 saturated carbocycles. The van der Waals surface area contributed by atoms with Gasteiger partial charge in [0.2, 0.25) is 0 Å². The van der Waals surface area contributed by atoms with Crippen LogP contribution in [0.2, 0.25) is 0 Å². The molecule has 0 bridgehead atoms. The van der Waals surface area contributed by atoms with E-state index in [1.807, 2.05) is 6.07 Å². The number of quaternary nitrogens is 1. The Balaban J connectivity index is 1.45. The predicted molar refractivity (Wildman–Crippen MR) is 75.4 cm³/mol. The highest BCUT2D eigenvalue weighted by Gasteiger charge is 2.26. The van der Waals surface area contributed by atoms with Crippen LogP contribution in [0.5, 0.6) is 0 Å². The topological polar surface area (TPSA) is 36.8 Å². The number of nitrogens with one attached hydrogen (secondary N) is 2. The molecule has 1 saturated heterocycles. The van der Waals surface area contributed by atoms with Gasteiger partial charge in [0.15, 0.2) is 6.54 Å². The summed E-state index contributed by atoms with van der Waals surface area (Å²) in [7, 11) is 0. The summed E-state index contributed by atoms with van der Waals surface area (Å²) in [6.45, 7) is 4.81. The van der Waals surface area contributed by atoms with Crippen LogP contribution in [0.1, 0.15) is 12.8 Å². The molecular formula is C15H22N3O+. The standard InChI is InChI=1S/C15H21N3O/c19-15(16-13-6-7-13)12-17-8-10-18(11-9-17)14-4-2-1-3-5-14/h1-5,13H,6-12H2,(H,16,19)/p+1. The quantitative estimate of drug-likeness (QED) is 0.778. The van der Waals surface area contributed by atoms with Crippen molar-refractivity contribution < 1.29 is 9.69 Å². The zero-order valence-electron chi connectivity index (χ0n) is 11.3. The highest BCUT2D eigenvalue weighted by Crippen LogP contribution is 2.18. The summed E-state index contributed by atoms with van der Waals surface area (Å²) in [5, 5.41) is 3.07. The molecule has 1 aliphatic heterocycles. The SMILES string of the molecule is O=C(C[NH+]1CCN(c2ccccc2)CC1)NC1CC1. The molecule has 1 aromatic carbocycles. The first-order chi connectivity index (χ1) is 9.31. The van der Waals surface area contributed by atoms with Crippen molar-refractivity contribution in [2.45, 2.75) is 18.9 Å². The smallest absolute Gasteiger partial charge is 0.275 e. The fourth-order valence-corrected chi connectivity index (χ4v) is 2.63. The number of hydrogen-bond donors (Lipinski definition) is 2. The van der Waals surface area contributed by atoms with E-state index in [-0.39, 0.29) is 5.91 Å². The molecule has 0 aromatic heterocycles. The van der Waals surface area contributed by atoms with Crippen LogP contribution in [0.4, 0.5) is 5.69 Å². The molecule has 1 amide bonds. The minimum absolute atomic E-state index is 0.227. The first-order valence-electron chi connectivity index (χ1n) is 7.24. The van der Waals surface area contributed by atoms with Crippen molar-refractivity contribution in [1.82, 2.24) is 5.32 Å². The Morgan fingerprint density at radius 2 is 1.89 bits per heavy atom. The summed E-state index contributed by atoms with van der Waals surface area (Å²) in [5.41, 5.74) is 1.30. The molecule has 102 valence electrons. The second-order valence-electron chi connectivity index (χ2n) is 5.59. The highest BCUT2D eigenvalue weighted by molar-refractivity contribution is 5.77. The van der Waals surface area contributed by atoms with Crippen molar-refractivity contribution in [3.05, 3.63) is 30.3 Å². The zero-order chi connectivity index (χ0) is 13.1. The van der Waals surface area contributed by atoms with Gasteiger partial charge in [-0.15, -0.1) is 0 Å². The maximum atomic E-state index is 11.8. The van der Waals surface area contributed by atoms with Crippen molar-refractivity contribution in [3.63, 3.8) is 0 Å². The molecule has 4 nitrogen and oxygen atoms in total. The Kier molecular flexibility index (Phi) is 3.69. The number of rotatable bonds is 4. The van der Waals surface area contributed by atoms with E-state index in [2.05, 4.69) is 34.5 Å². The summed E-state index contributed by atoms with van der Waals surface area (Å²) in [6, 6.07) is 11.0. The summed E-state index contributed by atoms with van der Waals surface area (Å²) in [4.78, 5) is 15.6. The van der Waals surface area contributed by atoms with Crippen LogP contribution in [0.15, 0.2) is 30.3 Å². The molecule has 19 heavy (non-hydrogen) atoms. The van der Waals surface area contributed by atoms with E-state index in [0.29, 0.717) is 12.6 Å². The largest absolute Gasteiger partial charge is 0.360 e. The van der Waals surface area contributed by atoms with Gasteiger partial charge in [0.25, 0.3) is 5.91 Å². The number of carbonyl (C=O) groups is 1. The minimum atomic E-state index is 0.227. The third-order valence-electron chi connectivity index (χ3n) is 3.94. The fraction of sp³-hybridized carbons (Fsp3) is 0.533. The minimum Gasteiger partial charge on any atom is -0.360 e. The summed E-state index contributed by atoms with van der Waals surface area (Å²) in [6.07, 6.45) is 2.34. The Morgan fingerprint density at radius 1 is 1.21 bits per heavy atom. The molecule has 0 radical (unpaired) electrons. The number of para-hydroxylation sites is 1. The van der Waals surface area contributed by atoms with Gasteiger partial charge < -0.3 is 15.1 Å². The van der Waals surface area contributed by atoms with Crippen LogP contribution in [-0.2, 0) is 4.79 Å². The van der Waals surface area contributed by atoms with Crippen LogP contribution in [0, 0.1) is 0 Å². The Morgan fingerprint density at radius 3 is 2.53 bits per heavy atom. The van der Waals surface area contributed by atoms with Crippen molar-refractivity contribution in [2.75, 3.05) is 37.6 Å². The monoisotopic (exact) mass is 260 g/mol. The number of benzene rings is 1. The van der Waals surface area contributed by atoms with E-state index in [0.717, 1.165) is 26.2 Å². The number of hydrogen-bond acceptors (Lipinski definition) is 2. The fourth-order valence-electron chi connectivity index (χ4n) is 2.63. The summed E-state index contributed by atoms with van der Waals surface area (Å²) < 4.78 is 0. The third kappa shape index (κ3) is 3.47. The zero-order valence-corrected chi connectivity index (χ0v) is 11.3. The highest BCUT2D eigenvalue weighted by atomic mass is 16.2. The Hall–Kier alpha value is -1.55. The van der Waals surface area contributed by atoms with Gasteiger partial charge in [-0.3, -0.25) is 4.79 Å². The van der Waals surface area contributed by atoms with Crippen molar-refractivity contribution in [3.8, 4) is 0 Å². The number of anilines is 1.